The van der Waals surface area contributed by atoms with Crippen LogP contribution in [0.15, 0.2) is 48.5 Å². The van der Waals surface area contributed by atoms with Gasteiger partial charge in [0.05, 0.1) is 0 Å². The summed E-state index contributed by atoms with van der Waals surface area (Å²) >= 11 is 0. The number of amides is 2. The first-order chi connectivity index (χ1) is 10.0. The Morgan fingerprint density at radius 3 is 1.86 bits per heavy atom. The number of anilines is 1. The Morgan fingerprint density at radius 1 is 0.905 bits per heavy atom. The van der Waals surface area contributed by atoms with Crippen molar-refractivity contribution < 1.29 is 19.1 Å². The first kappa shape index (κ1) is 14.4. The van der Waals surface area contributed by atoms with Crippen LogP contribution in [-0.4, -0.2) is 12.0 Å². The highest BCUT2D eigenvalue weighted by molar-refractivity contribution is 5.87. The third-order valence-electron chi connectivity index (χ3n) is 2.44. The van der Waals surface area contributed by atoms with Gasteiger partial charge in [0.15, 0.2) is 0 Å². The molecule has 2 rings (SSSR count). The number of primary amides is 1. The molecule has 0 bridgehead atoms. The highest BCUT2D eigenvalue weighted by Gasteiger charge is 2.01. The number of urea groups is 1. The number of carbonyl (C=O) groups is 2. The molecule has 0 aromatic heterocycles. The molecular formula is C15H14N2O4. The van der Waals surface area contributed by atoms with Crippen LogP contribution >= 0.6 is 0 Å². The maximum Gasteiger partial charge on any atom is 0.316 e. The second-order valence-electron chi connectivity index (χ2n) is 4.18. The van der Waals surface area contributed by atoms with E-state index >= 15 is 0 Å². The Bertz CT molecular complexity index is 578. The molecule has 0 aliphatic heterocycles. The van der Waals surface area contributed by atoms with Crippen molar-refractivity contribution in [2.75, 3.05) is 5.32 Å². The summed E-state index contributed by atoms with van der Waals surface area (Å²) in [6, 6.07) is 12.8. The van der Waals surface area contributed by atoms with Crippen molar-refractivity contribution in [3.63, 3.8) is 0 Å². The zero-order valence-electron chi connectivity index (χ0n) is 11.3. The van der Waals surface area contributed by atoms with Gasteiger partial charge in [-0.25, -0.2) is 4.79 Å². The number of hydrogen-bond donors (Lipinski definition) is 2. The van der Waals surface area contributed by atoms with Gasteiger partial charge in [-0.3, -0.25) is 4.79 Å². The van der Waals surface area contributed by atoms with Crippen LogP contribution in [0.1, 0.15) is 6.92 Å². The van der Waals surface area contributed by atoms with E-state index in [4.69, 9.17) is 15.2 Å². The Labute approximate surface area is 121 Å². The maximum atomic E-state index is 10.8. The number of hydrogen-bond acceptors (Lipinski definition) is 4. The summed E-state index contributed by atoms with van der Waals surface area (Å²) in [4.78, 5) is 21.5. The van der Waals surface area contributed by atoms with Crippen LogP contribution in [0.4, 0.5) is 10.5 Å². The highest BCUT2D eigenvalue weighted by atomic mass is 16.5. The van der Waals surface area contributed by atoms with E-state index in [2.05, 4.69) is 5.32 Å². The Morgan fingerprint density at radius 2 is 1.38 bits per heavy atom. The molecule has 6 nitrogen and oxygen atoms in total. The van der Waals surface area contributed by atoms with Crippen LogP contribution in [0.5, 0.6) is 17.2 Å². The molecule has 6 heteroatoms. The lowest BCUT2D eigenvalue weighted by Gasteiger charge is -2.08. The van der Waals surface area contributed by atoms with Crippen LogP contribution in [0.3, 0.4) is 0 Å². The van der Waals surface area contributed by atoms with E-state index in [0.717, 1.165) is 0 Å². The van der Waals surface area contributed by atoms with E-state index in [1.165, 1.54) is 6.92 Å². The number of benzene rings is 2. The van der Waals surface area contributed by atoms with E-state index < -0.39 is 6.03 Å². The first-order valence-electron chi connectivity index (χ1n) is 6.16. The van der Waals surface area contributed by atoms with Gasteiger partial charge in [-0.2, -0.15) is 0 Å². The number of nitrogens with one attached hydrogen (secondary N) is 1. The second-order valence-corrected chi connectivity index (χ2v) is 4.18. The molecule has 0 aliphatic rings. The largest absolute Gasteiger partial charge is 0.457 e. The summed E-state index contributed by atoms with van der Waals surface area (Å²) in [6.45, 7) is 1.34. The average Bonchev–Trinajstić information content (AvgIpc) is 2.42. The Kier molecular flexibility index (Phi) is 4.40. The molecule has 108 valence electrons. The molecule has 2 aromatic carbocycles. The maximum absolute atomic E-state index is 10.8. The minimum absolute atomic E-state index is 0.374. The second kappa shape index (κ2) is 6.42. The van der Waals surface area contributed by atoms with Gasteiger partial charge in [-0.15, -0.1) is 0 Å². The Balaban J connectivity index is 2.01. The minimum atomic E-state index is -0.621. The van der Waals surface area contributed by atoms with Crippen LogP contribution in [0.25, 0.3) is 0 Å². The van der Waals surface area contributed by atoms with Gasteiger partial charge in [0.1, 0.15) is 17.2 Å². The van der Waals surface area contributed by atoms with Crippen molar-refractivity contribution >= 4 is 17.7 Å². The lowest BCUT2D eigenvalue weighted by atomic mass is 10.3. The zero-order chi connectivity index (χ0) is 15.2. The van der Waals surface area contributed by atoms with Crippen molar-refractivity contribution in [3.05, 3.63) is 48.5 Å². The summed E-state index contributed by atoms with van der Waals surface area (Å²) in [7, 11) is 0. The minimum Gasteiger partial charge on any atom is -0.457 e. The van der Waals surface area contributed by atoms with Gasteiger partial charge in [-0.1, -0.05) is 0 Å². The normalized spacial score (nSPS) is 9.76. The predicted molar refractivity (Wildman–Crippen MR) is 77.5 cm³/mol. The quantitative estimate of drug-likeness (QED) is 0.668. The molecule has 2 amide bonds. The van der Waals surface area contributed by atoms with Crippen molar-refractivity contribution in [3.8, 4) is 17.2 Å². The van der Waals surface area contributed by atoms with Crippen molar-refractivity contribution in [1.29, 1.82) is 0 Å². The van der Waals surface area contributed by atoms with Crippen LogP contribution < -0.4 is 20.5 Å². The summed E-state index contributed by atoms with van der Waals surface area (Å²) in [5.74, 6) is 1.28. The molecule has 0 aliphatic carbocycles. The van der Waals surface area contributed by atoms with Gasteiger partial charge in [0, 0.05) is 12.6 Å². The van der Waals surface area contributed by atoms with Crippen LogP contribution in [0, 0.1) is 0 Å². The fourth-order valence-electron chi connectivity index (χ4n) is 1.63. The topological polar surface area (TPSA) is 90.7 Å². The Hall–Kier alpha value is -3.02. The molecule has 0 unspecified atom stereocenters. The summed E-state index contributed by atoms with van der Waals surface area (Å²) in [6.07, 6.45) is 0. The van der Waals surface area contributed by atoms with Gasteiger partial charge in [0.2, 0.25) is 0 Å². The fraction of sp³-hybridized carbons (Fsp3) is 0.0667. The SMILES string of the molecule is CC(=O)Oc1ccc(Oc2ccc(NC(N)=O)cc2)cc1. The molecule has 0 heterocycles. The standard InChI is InChI=1S/C15H14N2O4/c1-10(18)20-12-6-8-14(9-7-12)21-13-4-2-11(3-5-13)17-15(16)19/h2-9H,1H3,(H3,16,17,19). The lowest BCUT2D eigenvalue weighted by molar-refractivity contribution is -0.131. The lowest BCUT2D eigenvalue weighted by Crippen LogP contribution is -2.19. The van der Waals surface area contributed by atoms with E-state index in [0.29, 0.717) is 22.9 Å². The smallest absolute Gasteiger partial charge is 0.316 e. The van der Waals surface area contributed by atoms with Gasteiger partial charge < -0.3 is 20.5 Å². The zero-order valence-corrected chi connectivity index (χ0v) is 11.3. The monoisotopic (exact) mass is 286 g/mol. The molecule has 0 radical (unpaired) electrons. The van der Waals surface area contributed by atoms with Crippen molar-refractivity contribution in [1.82, 2.24) is 0 Å². The summed E-state index contributed by atoms with van der Waals surface area (Å²) < 4.78 is 10.5. The third kappa shape index (κ3) is 4.54. The molecule has 0 saturated heterocycles. The summed E-state index contributed by atoms with van der Waals surface area (Å²) in [5.41, 5.74) is 5.60. The molecule has 0 atom stereocenters. The van der Waals surface area contributed by atoms with E-state index in [9.17, 15) is 9.59 Å². The highest BCUT2D eigenvalue weighted by Crippen LogP contribution is 2.25. The number of carbonyl (C=O) groups excluding carboxylic acids is 2. The van der Waals surface area contributed by atoms with Crippen LogP contribution in [0.2, 0.25) is 0 Å². The van der Waals surface area contributed by atoms with E-state index in [1.807, 2.05) is 0 Å². The summed E-state index contributed by atoms with van der Waals surface area (Å²) in [5, 5.41) is 2.46. The molecular weight excluding hydrogens is 272 g/mol. The van der Waals surface area contributed by atoms with Gasteiger partial charge in [-0.05, 0) is 48.5 Å². The number of rotatable bonds is 4. The van der Waals surface area contributed by atoms with Crippen LogP contribution in [-0.2, 0) is 4.79 Å². The molecule has 3 N–H and O–H groups in total. The number of ether oxygens (including phenoxy) is 2. The first-order valence-corrected chi connectivity index (χ1v) is 6.16. The number of esters is 1. The number of nitrogens with two attached hydrogens (primary N) is 1. The van der Waals surface area contributed by atoms with Crippen molar-refractivity contribution in [2.45, 2.75) is 6.92 Å². The molecule has 0 spiro atoms. The van der Waals surface area contributed by atoms with E-state index in [-0.39, 0.29) is 5.97 Å². The average molecular weight is 286 g/mol. The third-order valence-corrected chi connectivity index (χ3v) is 2.44. The van der Waals surface area contributed by atoms with Crippen molar-refractivity contribution in [2.24, 2.45) is 5.73 Å². The molecule has 21 heavy (non-hydrogen) atoms. The van der Waals surface area contributed by atoms with Gasteiger partial charge >= 0.3 is 12.0 Å². The molecule has 0 fully saturated rings. The molecule has 2 aromatic rings. The molecule has 0 saturated carbocycles. The van der Waals surface area contributed by atoms with E-state index in [1.54, 1.807) is 48.5 Å². The van der Waals surface area contributed by atoms with Gasteiger partial charge in [0.25, 0.3) is 0 Å². The fourth-order valence-corrected chi connectivity index (χ4v) is 1.63. The predicted octanol–water partition coefficient (Wildman–Crippen LogP) is 2.89.